The molecular weight excluding hydrogens is 214 g/mol. The van der Waals surface area contributed by atoms with Gasteiger partial charge in [0.25, 0.3) is 0 Å². The fourth-order valence-electron chi connectivity index (χ4n) is 1.69. The molecule has 0 spiro atoms. The van der Waals surface area contributed by atoms with E-state index >= 15 is 0 Å². The maximum absolute atomic E-state index is 11.0. The van der Waals surface area contributed by atoms with Crippen LogP contribution < -0.4 is 0 Å². The van der Waals surface area contributed by atoms with Crippen LogP contribution in [-0.4, -0.2) is 38.1 Å². The summed E-state index contributed by atoms with van der Waals surface area (Å²) in [5.74, 6) is -0.139. The van der Waals surface area contributed by atoms with E-state index in [1.165, 1.54) is 12.7 Å². The second-order valence-electron chi connectivity index (χ2n) is 4.22. The quantitative estimate of drug-likeness (QED) is 0.678. The van der Waals surface area contributed by atoms with Crippen molar-refractivity contribution in [2.24, 2.45) is 0 Å². The minimum Gasteiger partial charge on any atom is -0.469 e. The monoisotopic (exact) mass is 235 g/mol. The van der Waals surface area contributed by atoms with Crippen molar-refractivity contribution in [3.8, 4) is 0 Å². The summed E-state index contributed by atoms with van der Waals surface area (Å²) in [5.41, 5.74) is 1.37. The Morgan fingerprint density at radius 1 is 1.24 bits per heavy atom. The van der Waals surface area contributed by atoms with Crippen molar-refractivity contribution in [2.45, 2.75) is 19.3 Å². The Morgan fingerprint density at radius 3 is 2.59 bits per heavy atom. The number of hydrogen-bond acceptors (Lipinski definition) is 3. The second kappa shape index (κ2) is 7.85. The van der Waals surface area contributed by atoms with Gasteiger partial charge >= 0.3 is 5.97 Å². The lowest BCUT2D eigenvalue weighted by Crippen LogP contribution is -2.23. The van der Waals surface area contributed by atoms with E-state index in [4.69, 9.17) is 0 Å². The lowest BCUT2D eigenvalue weighted by Gasteiger charge is -2.15. The maximum atomic E-state index is 11.0. The summed E-state index contributed by atoms with van der Waals surface area (Å²) < 4.78 is 4.61. The fourth-order valence-corrected chi connectivity index (χ4v) is 1.69. The highest BCUT2D eigenvalue weighted by atomic mass is 16.5. The van der Waals surface area contributed by atoms with Crippen LogP contribution in [-0.2, 0) is 16.0 Å². The van der Waals surface area contributed by atoms with Crippen LogP contribution in [0.1, 0.15) is 18.4 Å². The molecule has 0 bridgehead atoms. The number of aryl methyl sites for hydroxylation is 1. The van der Waals surface area contributed by atoms with E-state index in [-0.39, 0.29) is 5.97 Å². The van der Waals surface area contributed by atoms with Crippen LogP contribution >= 0.6 is 0 Å². The minimum atomic E-state index is -0.139. The first kappa shape index (κ1) is 13.7. The lowest BCUT2D eigenvalue weighted by molar-refractivity contribution is -0.140. The van der Waals surface area contributed by atoms with Gasteiger partial charge in [0.2, 0.25) is 0 Å². The Balaban J connectivity index is 2.12. The van der Waals surface area contributed by atoms with Crippen molar-refractivity contribution < 1.29 is 9.53 Å². The number of esters is 1. The van der Waals surface area contributed by atoms with E-state index in [1.54, 1.807) is 0 Å². The molecule has 0 heterocycles. The van der Waals surface area contributed by atoms with Crippen molar-refractivity contribution in [3.63, 3.8) is 0 Å². The third-order valence-corrected chi connectivity index (χ3v) is 2.77. The summed E-state index contributed by atoms with van der Waals surface area (Å²) in [4.78, 5) is 13.1. The summed E-state index contributed by atoms with van der Waals surface area (Å²) in [6.45, 7) is 1.77. The number of hydrogen-bond donors (Lipinski definition) is 0. The van der Waals surface area contributed by atoms with Gasteiger partial charge in [-0.1, -0.05) is 30.3 Å². The summed E-state index contributed by atoms with van der Waals surface area (Å²) in [6.07, 6.45) is 2.67. The molecule has 0 amide bonds. The fraction of sp³-hybridized carbons (Fsp3) is 0.500. The van der Waals surface area contributed by atoms with Gasteiger partial charge in [-0.25, -0.2) is 0 Å². The van der Waals surface area contributed by atoms with Crippen molar-refractivity contribution in [1.29, 1.82) is 0 Å². The van der Waals surface area contributed by atoms with E-state index in [0.717, 1.165) is 25.9 Å². The highest BCUT2D eigenvalue weighted by Gasteiger charge is 2.03. The van der Waals surface area contributed by atoms with Gasteiger partial charge < -0.3 is 9.64 Å². The lowest BCUT2D eigenvalue weighted by atomic mass is 10.1. The second-order valence-corrected chi connectivity index (χ2v) is 4.22. The van der Waals surface area contributed by atoms with Gasteiger partial charge in [0.15, 0.2) is 0 Å². The van der Waals surface area contributed by atoms with Gasteiger partial charge in [-0.15, -0.1) is 0 Å². The molecule has 0 aliphatic rings. The van der Waals surface area contributed by atoms with Crippen molar-refractivity contribution in [3.05, 3.63) is 35.9 Å². The van der Waals surface area contributed by atoms with Crippen LogP contribution in [0.25, 0.3) is 0 Å². The van der Waals surface area contributed by atoms with Gasteiger partial charge in [0, 0.05) is 6.54 Å². The van der Waals surface area contributed by atoms with Crippen molar-refractivity contribution in [2.75, 3.05) is 27.2 Å². The molecule has 0 saturated heterocycles. The molecule has 0 aromatic heterocycles. The van der Waals surface area contributed by atoms with Gasteiger partial charge in [-0.05, 0) is 32.0 Å². The Labute approximate surface area is 103 Å². The predicted molar refractivity (Wildman–Crippen MR) is 68.9 cm³/mol. The van der Waals surface area contributed by atoms with Crippen LogP contribution in [0.15, 0.2) is 30.3 Å². The average molecular weight is 235 g/mol. The molecule has 0 N–H and O–H groups in total. The molecule has 0 saturated carbocycles. The summed E-state index contributed by atoms with van der Waals surface area (Å²) in [5, 5.41) is 0. The minimum absolute atomic E-state index is 0.139. The van der Waals surface area contributed by atoms with Crippen LogP contribution in [0.3, 0.4) is 0 Å². The molecule has 1 rings (SSSR count). The SMILES string of the molecule is COC(=O)CCN(C)CCCc1ccccc1. The first-order chi connectivity index (χ1) is 8.22. The smallest absolute Gasteiger partial charge is 0.306 e. The first-order valence-electron chi connectivity index (χ1n) is 6.01. The van der Waals surface area contributed by atoms with E-state index in [0.29, 0.717) is 6.42 Å². The average Bonchev–Trinajstić information content (AvgIpc) is 2.37. The zero-order valence-corrected chi connectivity index (χ0v) is 10.7. The Hall–Kier alpha value is -1.35. The molecule has 94 valence electrons. The molecule has 17 heavy (non-hydrogen) atoms. The number of benzene rings is 1. The maximum Gasteiger partial charge on any atom is 0.306 e. The largest absolute Gasteiger partial charge is 0.469 e. The van der Waals surface area contributed by atoms with Crippen molar-refractivity contribution in [1.82, 2.24) is 4.90 Å². The molecule has 0 aliphatic carbocycles. The molecule has 1 aromatic rings. The zero-order chi connectivity index (χ0) is 12.5. The molecular formula is C14H21NO2. The van der Waals surface area contributed by atoms with Gasteiger partial charge in [0.1, 0.15) is 0 Å². The molecule has 0 fully saturated rings. The highest BCUT2D eigenvalue weighted by molar-refractivity contribution is 5.69. The molecule has 0 atom stereocenters. The topological polar surface area (TPSA) is 29.5 Å². The summed E-state index contributed by atoms with van der Waals surface area (Å²) >= 11 is 0. The van der Waals surface area contributed by atoms with Gasteiger partial charge in [-0.3, -0.25) is 4.79 Å². The Bertz CT molecular complexity index is 324. The van der Waals surface area contributed by atoms with Crippen LogP contribution in [0.5, 0.6) is 0 Å². The van der Waals surface area contributed by atoms with Crippen LogP contribution in [0.2, 0.25) is 0 Å². The zero-order valence-electron chi connectivity index (χ0n) is 10.7. The van der Waals surface area contributed by atoms with Gasteiger partial charge in [-0.2, -0.15) is 0 Å². The highest BCUT2D eigenvalue weighted by Crippen LogP contribution is 2.03. The molecule has 0 unspecified atom stereocenters. The number of rotatable bonds is 7. The van der Waals surface area contributed by atoms with E-state index in [2.05, 4.69) is 33.9 Å². The Morgan fingerprint density at radius 2 is 1.94 bits per heavy atom. The molecule has 3 heteroatoms. The number of nitrogens with zero attached hydrogens (tertiary/aromatic N) is 1. The normalized spacial score (nSPS) is 10.5. The number of methoxy groups -OCH3 is 1. The molecule has 1 aromatic carbocycles. The van der Waals surface area contributed by atoms with E-state index < -0.39 is 0 Å². The third kappa shape index (κ3) is 6.07. The molecule has 3 nitrogen and oxygen atoms in total. The molecule has 0 radical (unpaired) electrons. The van der Waals surface area contributed by atoms with E-state index in [1.807, 2.05) is 13.1 Å². The standard InChI is InChI=1S/C14H21NO2/c1-15(12-10-14(16)17-2)11-6-9-13-7-4-3-5-8-13/h3-5,7-8H,6,9-12H2,1-2H3. The van der Waals surface area contributed by atoms with Crippen molar-refractivity contribution >= 4 is 5.97 Å². The van der Waals surface area contributed by atoms with Gasteiger partial charge in [0.05, 0.1) is 13.5 Å². The number of carbonyl (C=O) groups is 1. The first-order valence-corrected chi connectivity index (χ1v) is 6.01. The predicted octanol–water partition coefficient (Wildman–Crippen LogP) is 2.11. The van der Waals surface area contributed by atoms with E-state index in [9.17, 15) is 4.79 Å². The number of ether oxygens (including phenoxy) is 1. The Kier molecular flexibility index (Phi) is 6.33. The van der Waals surface area contributed by atoms with Crippen LogP contribution in [0.4, 0.5) is 0 Å². The molecule has 0 aliphatic heterocycles. The summed E-state index contributed by atoms with van der Waals surface area (Å²) in [7, 11) is 3.46. The number of carbonyl (C=O) groups excluding carboxylic acids is 1. The van der Waals surface area contributed by atoms with Crippen LogP contribution in [0, 0.1) is 0 Å². The summed E-state index contributed by atoms with van der Waals surface area (Å²) in [6, 6.07) is 10.5. The third-order valence-electron chi connectivity index (χ3n) is 2.77.